The minimum absolute atomic E-state index is 0.650. The van der Waals surface area contributed by atoms with Crippen LogP contribution in [0.4, 0.5) is 0 Å². The van der Waals surface area contributed by atoms with Crippen LogP contribution in [0, 0.1) is 5.92 Å². The van der Waals surface area contributed by atoms with Crippen molar-refractivity contribution in [1.29, 1.82) is 0 Å². The number of allylic oxidation sites excluding steroid dienone is 2. The first-order valence-corrected chi connectivity index (χ1v) is 4.82. The van der Waals surface area contributed by atoms with Crippen LogP contribution in [-0.2, 0) is 0 Å². The second-order valence-corrected chi connectivity index (χ2v) is 3.68. The summed E-state index contributed by atoms with van der Waals surface area (Å²) in [5.41, 5.74) is 6.70. The van der Waals surface area contributed by atoms with Crippen LogP contribution in [0.25, 0.3) is 0 Å². The van der Waals surface area contributed by atoms with Crippen molar-refractivity contribution in [1.82, 2.24) is 0 Å². The van der Waals surface area contributed by atoms with Crippen molar-refractivity contribution in [3.63, 3.8) is 0 Å². The first-order chi connectivity index (χ1) is 5.16. The molecule has 0 aliphatic rings. The molecule has 0 aliphatic heterocycles. The van der Waals surface area contributed by atoms with E-state index >= 15 is 0 Å². The Bertz CT molecular complexity index is 148. The van der Waals surface area contributed by atoms with E-state index in [9.17, 15) is 0 Å². The van der Waals surface area contributed by atoms with Crippen LogP contribution >= 0.6 is 11.8 Å². The van der Waals surface area contributed by atoms with E-state index in [2.05, 4.69) is 13.8 Å². The number of hydrogen-bond acceptors (Lipinski definition) is 2. The molecule has 0 unspecified atom stereocenters. The largest absolute Gasteiger partial charge is 0.402 e. The summed E-state index contributed by atoms with van der Waals surface area (Å²) in [7, 11) is 0. The van der Waals surface area contributed by atoms with E-state index in [0.717, 1.165) is 12.1 Å². The van der Waals surface area contributed by atoms with Gasteiger partial charge in [-0.25, -0.2) is 0 Å². The highest BCUT2D eigenvalue weighted by atomic mass is 32.2. The fourth-order valence-electron chi connectivity index (χ4n) is 0.725. The first kappa shape index (κ1) is 10.6. The van der Waals surface area contributed by atoms with Crippen LogP contribution in [-0.4, -0.2) is 0 Å². The third-order valence-electron chi connectivity index (χ3n) is 1.08. The maximum absolute atomic E-state index is 5.72. The Labute approximate surface area is 73.7 Å². The molecule has 0 bridgehead atoms. The topological polar surface area (TPSA) is 26.0 Å². The Hall–Kier alpha value is -0.370. The van der Waals surface area contributed by atoms with Gasteiger partial charge in [0.25, 0.3) is 0 Å². The van der Waals surface area contributed by atoms with Crippen LogP contribution in [0.2, 0.25) is 0 Å². The molecule has 0 rings (SSSR count). The molecular weight excluding hydrogens is 154 g/mol. The highest BCUT2D eigenvalue weighted by Gasteiger charge is 1.94. The molecule has 64 valence electrons. The van der Waals surface area contributed by atoms with Crippen LogP contribution < -0.4 is 5.73 Å². The van der Waals surface area contributed by atoms with E-state index in [1.54, 1.807) is 11.8 Å². The lowest BCUT2D eigenvalue weighted by atomic mass is 10.1. The highest BCUT2D eigenvalue weighted by molar-refractivity contribution is 8.04. The predicted molar refractivity (Wildman–Crippen MR) is 54.1 cm³/mol. The van der Waals surface area contributed by atoms with E-state index < -0.39 is 0 Å². The average Bonchev–Trinajstić information content (AvgIpc) is 1.86. The first-order valence-electron chi connectivity index (χ1n) is 3.88. The summed E-state index contributed by atoms with van der Waals surface area (Å²) in [6.45, 7) is 6.33. The van der Waals surface area contributed by atoms with Gasteiger partial charge in [-0.05, 0) is 30.1 Å². The number of thioether (sulfide) groups is 1. The fraction of sp³-hybridized carbons (Fsp3) is 0.556. The molecule has 0 aliphatic carbocycles. The summed E-state index contributed by atoms with van der Waals surface area (Å²) in [5.74, 6) is 0.650. The van der Waals surface area contributed by atoms with Crippen molar-refractivity contribution >= 4 is 11.8 Å². The minimum atomic E-state index is 0.650. The molecule has 0 atom stereocenters. The van der Waals surface area contributed by atoms with E-state index in [4.69, 9.17) is 5.73 Å². The molecule has 0 amide bonds. The molecule has 0 aromatic rings. The molecule has 1 nitrogen and oxygen atoms in total. The van der Waals surface area contributed by atoms with E-state index in [1.165, 1.54) is 0 Å². The summed E-state index contributed by atoms with van der Waals surface area (Å²) < 4.78 is 0. The maximum Gasteiger partial charge on any atom is 0.0150 e. The Kier molecular flexibility index (Phi) is 6.13. The zero-order valence-corrected chi connectivity index (χ0v) is 8.32. The fourth-order valence-corrected chi connectivity index (χ4v) is 1.23. The van der Waals surface area contributed by atoms with Crippen molar-refractivity contribution in [2.24, 2.45) is 11.7 Å². The molecule has 0 aromatic heterocycles. The molecule has 0 radical (unpaired) electrons. The van der Waals surface area contributed by atoms with Crippen molar-refractivity contribution in [3.05, 3.63) is 22.6 Å². The molecule has 0 saturated carbocycles. The monoisotopic (exact) mass is 171 g/mol. The van der Waals surface area contributed by atoms with Gasteiger partial charge in [0.1, 0.15) is 0 Å². The summed E-state index contributed by atoms with van der Waals surface area (Å²) in [5, 5.41) is 4.02. The van der Waals surface area contributed by atoms with Crippen LogP contribution in [0.15, 0.2) is 22.6 Å². The van der Waals surface area contributed by atoms with E-state index in [0.29, 0.717) is 5.92 Å². The Morgan fingerprint density at radius 1 is 1.55 bits per heavy atom. The van der Waals surface area contributed by atoms with Gasteiger partial charge < -0.3 is 5.73 Å². The lowest BCUT2D eigenvalue weighted by molar-refractivity contribution is 0.639. The van der Waals surface area contributed by atoms with Gasteiger partial charge in [0, 0.05) is 5.70 Å². The summed E-state index contributed by atoms with van der Waals surface area (Å²) in [6, 6.07) is 0. The minimum Gasteiger partial charge on any atom is -0.402 e. The average molecular weight is 171 g/mol. The highest BCUT2D eigenvalue weighted by Crippen LogP contribution is 2.11. The predicted octanol–water partition coefficient (Wildman–Crippen LogP) is 3.10. The summed E-state index contributed by atoms with van der Waals surface area (Å²) in [6.07, 6.45) is 2.99. The molecule has 11 heavy (non-hydrogen) atoms. The third-order valence-corrected chi connectivity index (χ3v) is 1.95. The van der Waals surface area contributed by atoms with Gasteiger partial charge in [-0.15, -0.1) is 11.8 Å². The van der Waals surface area contributed by atoms with Crippen LogP contribution in [0.5, 0.6) is 0 Å². The van der Waals surface area contributed by atoms with Crippen molar-refractivity contribution in [2.75, 3.05) is 0 Å². The number of rotatable bonds is 4. The van der Waals surface area contributed by atoms with Gasteiger partial charge in [0.05, 0.1) is 0 Å². The molecule has 0 aromatic carbocycles. The quantitative estimate of drug-likeness (QED) is 0.703. The van der Waals surface area contributed by atoms with Gasteiger partial charge in [-0.1, -0.05) is 19.9 Å². The normalized spacial score (nSPS) is 13.3. The molecule has 0 fully saturated rings. The summed E-state index contributed by atoms with van der Waals surface area (Å²) in [4.78, 5) is 0. The van der Waals surface area contributed by atoms with Gasteiger partial charge >= 0.3 is 0 Å². The summed E-state index contributed by atoms with van der Waals surface area (Å²) >= 11 is 1.64. The second kappa shape index (κ2) is 6.35. The molecule has 2 N–H and O–H groups in total. The Morgan fingerprint density at radius 3 is 2.64 bits per heavy atom. The van der Waals surface area contributed by atoms with Crippen molar-refractivity contribution in [3.8, 4) is 0 Å². The second-order valence-electron chi connectivity index (χ2n) is 2.90. The van der Waals surface area contributed by atoms with E-state index in [1.807, 2.05) is 23.8 Å². The molecule has 0 heterocycles. The SMILES string of the molecule is C/C=C\S/C=C(\N)CC(C)C. The zero-order chi connectivity index (χ0) is 8.69. The number of nitrogens with two attached hydrogens (primary N) is 1. The van der Waals surface area contributed by atoms with Crippen LogP contribution in [0.1, 0.15) is 27.2 Å². The molecule has 2 heteroatoms. The standard InChI is InChI=1S/C9H17NS/c1-4-5-11-7-9(10)6-8(2)3/h4-5,7-8H,6,10H2,1-3H3/b5-4-,9-7-. The van der Waals surface area contributed by atoms with Gasteiger partial charge in [0.15, 0.2) is 0 Å². The van der Waals surface area contributed by atoms with Crippen molar-refractivity contribution < 1.29 is 0 Å². The lowest BCUT2D eigenvalue weighted by Gasteiger charge is -2.02. The molecular formula is C9H17NS. The lowest BCUT2D eigenvalue weighted by Crippen LogP contribution is -2.00. The smallest absolute Gasteiger partial charge is 0.0150 e. The molecule has 0 saturated heterocycles. The number of hydrogen-bond donors (Lipinski definition) is 1. The third kappa shape index (κ3) is 7.53. The van der Waals surface area contributed by atoms with Gasteiger partial charge in [-0.2, -0.15) is 0 Å². The van der Waals surface area contributed by atoms with Gasteiger partial charge in [-0.3, -0.25) is 0 Å². The van der Waals surface area contributed by atoms with Crippen molar-refractivity contribution in [2.45, 2.75) is 27.2 Å². The Balaban J connectivity index is 3.62. The maximum atomic E-state index is 5.72. The van der Waals surface area contributed by atoms with E-state index in [-0.39, 0.29) is 0 Å². The van der Waals surface area contributed by atoms with Gasteiger partial charge in [0.2, 0.25) is 0 Å². The molecule has 0 spiro atoms. The zero-order valence-electron chi connectivity index (χ0n) is 7.50. The van der Waals surface area contributed by atoms with Crippen LogP contribution in [0.3, 0.4) is 0 Å². The Morgan fingerprint density at radius 2 is 2.18 bits per heavy atom.